The molecule has 0 saturated carbocycles. The minimum atomic E-state index is -0.610. The smallest absolute Gasteiger partial charge is 0.312 e. The first-order chi connectivity index (χ1) is 12.1. The minimum absolute atomic E-state index is 0.0236. The molecule has 0 aliphatic rings. The fourth-order valence-corrected chi connectivity index (χ4v) is 2.37. The number of nitrogens with zero attached hydrogens (tertiary/aromatic N) is 2. The molecule has 0 atom stereocenters. The van der Waals surface area contributed by atoms with E-state index in [1.54, 1.807) is 42.5 Å². The Morgan fingerprint density at radius 2 is 1.76 bits per heavy atom. The number of carbonyl (C=O) groups is 1. The van der Waals surface area contributed by atoms with Crippen molar-refractivity contribution in [2.45, 2.75) is 0 Å². The maximum atomic E-state index is 12.5. The molecule has 1 aromatic heterocycles. The number of nitro groups is 1. The Balaban J connectivity index is 1.98. The third-order valence-electron chi connectivity index (χ3n) is 3.40. The van der Waals surface area contributed by atoms with Crippen LogP contribution in [-0.4, -0.2) is 15.7 Å². The maximum Gasteiger partial charge on any atom is 0.312 e. The highest BCUT2D eigenvalue weighted by Crippen LogP contribution is 2.34. The number of aromatic nitrogens is 1. The van der Waals surface area contributed by atoms with Crippen LogP contribution in [0.4, 0.5) is 5.69 Å². The van der Waals surface area contributed by atoms with E-state index in [0.717, 1.165) is 0 Å². The molecular formula is C18H11ClN2O4. The Bertz CT molecular complexity index is 945. The minimum Gasteiger partial charge on any atom is -0.447 e. The standard InChI is InChI=1S/C18H11ClN2O4/c19-18-16(7-4-10-20-18)25-15-9-8-13(11-14(15)21(23)24)17(22)12-5-2-1-3-6-12/h1-11H. The number of ketones is 1. The van der Waals surface area contributed by atoms with Crippen molar-refractivity contribution in [3.8, 4) is 11.5 Å². The third-order valence-corrected chi connectivity index (χ3v) is 3.68. The van der Waals surface area contributed by atoms with E-state index in [1.165, 1.54) is 24.4 Å². The molecule has 6 nitrogen and oxygen atoms in total. The number of benzene rings is 2. The molecule has 124 valence electrons. The van der Waals surface area contributed by atoms with Crippen molar-refractivity contribution in [1.82, 2.24) is 4.98 Å². The van der Waals surface area contributed by atoms with E-state index in [-0.39, 0.29) is 33.7 Å². The van der Waals surface area contributed by atoms with Gasteiger partial charge < -0.3 is 4.74 Å². The number of carbonyl (C=O) groups excluding carboxylic acids is 1. The molecule has 0 N–H and O–H groups in total. The predicted molar refractivity (Wildman–Crippen MR) is 92.3 cm³/mol. The van der Waals surface area contributed by atoms with Gasteiger partial charge in [0.05, 0.1) is 4.92 Å². The van der Waals surface area contributed by atoms with Crippen molar-refractivity contribution in [3.05, 3.63) is 93.3 Å². The zero-order valence-corrected chi connectivity index (χ0v) is 13.5. The van der Waals surface area contributed by atoms with E-state index < -0.39 is 4.92 Å². The lowest BCUT2D eigenvalue weighted by atomic mass is 10.0. The number of halogens is 1. The first-order valence-corrected chi connectivity index (χ1v) is 7.60. The van der Waals surface area contributed by atoms with E-state index in [9.17, 15) is 14.9 Å². The molecule has 1 heterocycles. The molecule has 0 aliphatic carbocycles. The quantitative estimate of drug-likeness (QED) is 0.288. The van der Waals surface area contributed by atoms with Crippen LogP contribution in [0.1, 0.15) is 15.9 Å². The Labute approximate surface area is 147 Å². The van der Waals surface area contributed by atoms with Crippen LogP contribution in [0.25, 0.3) is 0 Å². The molecular weight excluding hydrogens is 344 g/mol. The van der Waals surface area contributed by atoms with Gasteiger partial charge in [0.15, 0.2) is 16.7 Å². The van der Waals surface area contributed by atoms with Crippen LogP contribution in [0, 0.1) is 10.1 Å². The Morgan fingerprint density at radius 1 is 1.00 bits per heavy atom. The van der Waals surface area contributed by atoms with Gasteiger partial charge in [-0.1, -0.05) is 41.9 Å². The number of rotatable bonds is 5. The molecule has 0 spiro atoms. The summed E-state index contributed by atoms with van der Waals surface area (Å²) in [5, 5.41) is 11.5. The second kappa shape index (κ2) is 7.11. The van der Waals surface area contributed by atoms with E-state index >= 15 is 0 Å². The maximum absolute atomic E-state index is 12.5. The summed E-state index contributed by atoms with van der Waals surface area (Å²) in [6.45, 7) is 0. The van der Waals surface area contributed by atoms with Crippen molar-refractivity contribution in [2.75, 3.05) is 0 Å². The van der Waals surface area contributed by atoms with E-state index in [2.05, 4.69) is 4.98 Å². The second-order valence-electron chi connectivity index (χ2n) is 5.03. The number of hydrogen-bond donors (Lipinski definition) is 0. The first-order valence-electron chi connectivity index (χ1n) is 7.23. The van der Waals surface area contributed by atoms with Crippen LogP contribution in [0.5, 0.6) is 11.5 Å². The van der Waals surface area contributed by atoms with Gasteiger partial charge in [0.25, 0.3) is 0 Å². The molecule has 2 aromatic carbocycles. The van der Waals surface area contributed by atoms with Gasteiger partial charge in [-0.05, 0) is 24.3 Å². The summed E-state index contributed by atoms with van der Waals surface area (Å²) in [5.41, 5.74) is 0.310. The molecule has 0 saturated heterocycles. The summed E-state index contributed by atoms with van der Waals surface area (Å²) in [6, 6.07) is 15.7. The van der Waals surface area contributed by atoms with E-state index in [0.29, 0.717) is 5.56 Å². The Kier molecular flexibility index (Phi) is 4.72. The number of pyridine rings is 1. The first kappa shape index (κ1) is 16.6. The highest BCUT2D eigenvalue weighted by Gasteiger charge is 2.20. The van der Waals surface area contributed by atoms with Crippen LogP contribution < -0.4 is 4.74 Å². The molecule has 0 bridgehead atoms. The van der Waals surface area contributed by atoms with Crippen LogP contribution in [0.15, 0.2) is 66.9 Å². The second-order valence-corrected chi connectivity index (χ2v) is 5.39. The van der Waals surface area contributed by atoms with Gasteiger partial charge >= 0.3 is 5.69 Å². The van der Waals surface area contributed by atoms with Gasteiger partial charge in [-0.25, -0.2) is 4.98 Å². The highest BCUT2D eigenvalue weighted by atomic mass is 35.5. The highest BCUT2D eigenvalue weighted by molar-refractivity contribution is 6.30. The topological polar surface area (TPSA) is 82.3 Å². The average Bonchev–Trinajstić information content (AvgIpc) is 2.64. The molecule has 3 aromatic rings. The van der Waals surface area contributed by atoms with Gasteiger partial charge in [0, 0.05) is 23.4 Å². The summed E-state index contributed by atoms with van der Waals surface area (Å²) in [4.78, 5) is 27.1. The molecule has 0 fully saturated rings. The Morgan fingerprint density at radius 3 is 2.44 bits per heavy atom. The van der Waals surface area contributed by atoms with Crippen molar-refractivity contribution >= 4 is 23.1 Å². The third kappa shape index (κ3) is 3.64. The molecule has 7 heteroatoms. The summed E-state index contributed by atoms with van der Waals surface area (Å²) >= 11 is 5.91. The lowest BCUT2D eigenvalue weighted by Gasteiger charge is -2.08. The summed E-state index contributed by atoms with van der Waals surface area (Å²) in [5.74, 6) is -0.145. The zero-order chi connectivity index (χ0) is 17.8. The van der Waals surface area contributed by atoms with Crippen LogP contribution >= 0.6 is 11.6 Å². The molecule has 3 rings (SSSR count). The van der Waals surface area contributed by atoms with Crippen LogP contribution in [0.3, 0.4) is 0 Å². The largest absolute Gasteiger partial charge is 0.447 e. The van der Waals surface area contributed by atoms with Crippen molar-refractivity contribution < 1.29 is 14.5 Å². The zero-order valence-electron chi connectivity index (χ0n) is 12.8. The molecule has 25 heavy (non-hydrogen) atoms. The normalized spacial score (nSPS) is 10.3. The average molecular weight is 355 g/mol. The van der Waals surface area contributed by atoms with Gasteiger partial charge in [0.1, 0.15) is 0 Å². The van der Waals surface area contributed by atoms with E-state index in [4.69, 9.17) is 16.3 Å². The SMILES string of the molecule is O=C(c1ccccc1)c1ccc(Oc2cccnc2Cl)c([N+](=O)[O-])c1. The van der Waals surface area contributed by atoms with Gasteiger partial charge in [-0.3, -0.25) is 14.9 Å². The summed E-state index contributed by atoms with van der Waals surface area (Å²) in [6.07, 6.45) is 1.48. The Hall–Kier alpha value is -3.25. The molecule has 0 amide bonds. The number of hydrogen-bond acceptors (Lipinski definition) is 5. The lowest BCUT2D eigenvalue weighted by molar-refractivity contribution is -0.385. The summed E-state index contributed by atoms with van der Waals surface area (Å²) in [7, 11) is 0. The van der Waals surface area contributed by atoms with Gasteiger partial charge in [-0.15, -0.1) is 0 Å². The number of ether oxygens (including phenoxy) is 1. The number of nitro benzene ring substituents is 1. The fraction of sp³-hybridized carbons (Fsp3) is 0. The van der Waals surface area contributed by atoms with Crippen LogP contribution in [0.2, 0.25) is 5.15 Å². The molecule has 0 radical (unpaired) electrons. The predicted octanol–water partition coefficient (Wildman–Crippen LogP) is 4.67. The van der Waals surface area contributed by atoms with Crippen molar-refractivity contribution in [1.29, 1.82) is 0 Å². The molecule has 0 unspecified atom stereocenters. The monoisotopic (exact) mass is 354 g/mol. The molecule has 0 aliphatic heterocycles. The summed E-state index contributed by atoms with van der Waals surface area (Å²) < 4.78 is 5.49. The van der Waals surface area contributed by atoms with Crippen molar-refractivity contribution in [3.63, 3.8) is 0 Å². The lowest BCUT2D eigenvalue weighted by Crippen LogP contribution is -2.03. The fourth-order valence-electron chi connectivity index (χ4n) is 2.21. The van der Waals surface area contributed by atoms with Gasteiger partial charge in [-0.2, -0.15) is 0 Å². The van der Waals surface area contributed by atoms with Gasteiger partial charge in [0.2, 0.25) is 5.75 Å². The van der Waals surface area contributed by atoms with E-state index in [1.807, 2.05) is 0 Å². The van der Waals surface area contributed by atoms with Crippen LogP contribution in [-0.2, 0) is 0 Å². The van der Waals surface area contributed by atoms with Crippen molar-refractivity contribution in [2.24, 2.45) is 0 Å².